The van der Waals surface area contributed by atoms with Crippen LogP contribution in [-0.4, -0.2) is 43.5 Å². The van der Waals surface area contributed by atoms with Gasteiger partial charge in [-0.25, -0.2) is 0 Å². The molecule has 0 saturated heterocycles. The fraction of sp³-hybridized carbons (Fsp3) is 0.500. The number of hydrogen-bond donors (Lipinski definition) is 0. The molecule has 0 aromatic heterocycles. The molecule has 0 aliphatic heterocycles. The smallest absolute Gasteiger partial charge is 0.227 e. The van der Waals surface area contributed by atoms with E-state index in [0.717, 1.165) is 5.56 Å². The molecule has 4 heteroatoms. The molecule has 0 unspecified atom stereocenters. The SMILES string of the molecule is COCCN(CCCl)C(=O)Cc1cccc(C)c1. The second kappa shape index (κ2) is 8.11. The van der Waals surface area contributed by atoms with Gasteiger partial charge in [-0.1, -0.05) is 29.8 Å². The minimum absolute atomic E-state index is 0.0956. The molecular formula is C14H20ClNO2. The lowest BCUT2D eigenvalue weighted by atomic mass is 10.1. The van der Waals surface area contributed by atoms with E-state index in [1.165, 1.54) is 5.56 Å². The Labute approximate surface area is 114 Å². The van der Waals surface area contributed by atoms with Gasteiger partial charge < -0.3 is 9.64 Å². The summed E-state index contributed by atoms with van der Waals surface area (Å²) in [6.45, 7) is 3.72. The summed E-state index contributed by atoms with van der Waals surface area (Å²) in [5.74, 6) is 0.543. The number of rotatable bonds is 7. The van der Waals surface area contributed by atoms with Gasteiger partial charge in [-0.2, -0.15) is 0 Å². The van der Waals surface area contributed by atoms with Crippen LogP contribution in [0.4, 0.5) is 0 Å². The van der Waals surface area contributed by atoms with E-state index in [4.69, 9.17) is 16.3 Å². The predicted octanol–water partition coefficient (Wildman–Crippen LogP) is 2.25. The van der Waals surface area contributed by atoms with E-state index >= 15 is 0 Å². The van der Waals surface area contributed by atoms with E-state index in [2.05, 4.69) is 0 Å². The van der Waals surface area contributed by atoms with Crippen LogP contribution in [0.5, 0.6) is 0 Å². The molecule has 0 atom stereocenters. The quantitative estimate of drug-likeness (QED) is 0.711. The van der Waals surface area contributed by atoms with Gasteiger partial charge in [0.1, 0.15) is 0 Å². The first-order valence-electron chi connectivity index (χ1n) is 6.05. The maximum absolute atomic E-state index is 12.1. The molecule has 0 bridgehead atoms. The Morgan fingerprint density at radius 2 is 2.17 bits per heavy atom. The molecule has 0 aliphatic rings. The van der Waals surface area contributed by atoms with Crippen LogP contribution in [0.1, 0.15) is 11.1 Å². The third-order valence-electron chi connectivity index (χ3n) is 2.71. The fourth-order valence-corrected chi connectivity index (χ4v) is 1.98. The molecule has 18 heavy (non-hydrogen) atoms. The van der Waals surface area contributed by atoms with Gasteiger partial charge in [0.15, 0.2) is 0 Å². The first-order valence-corrected chi connectivity index (χ1v) is 6.59. The zero-order valence-corrected chi connectivity index (χ0v) is 11.7. The van der Waals surface area contributed by atoms with E-state index in [-0.39, 0.29) is 5.91 Å². The third kappa shape index (κ3) is 5.07. The topological polar surface area (TPSA) is 29.5 Å². The number of alkyl halides is 1. The average Bonchev–Trinajstić information content (AvgIpc) is 2.34. The van der Waals surface area contributed by atoms with Gasteiger partial charge in [0.25, 0.3) is 0 Å². The van der Waals surface area contributed by atoms with Crippen LogP contribution in [0.2, 0.25) is 0 Å². The average molecular weight is 270 g/mol. The zero-order valence-electron chi connectivity index (χ0n) is 11.0. The van der Waals surface area contributed by atoms with Crippen LogP contribution < -0.4 is 0 Å². The van der Waals surface area contributed by atoms with Crippen molar-refractivity contribution in [1.29, 1.82) is 0 Å². The van der Waals surface area contributed by atoms with E-state index in [1.54, 1.807) is 12.0 Å². The van der Waals surface area contributed by atoms with E-state index in [0.29, 0.717) is 32.0 Å². The second-order valence-electron chi connectivity index (χ2n) is 4.23. The number of halogens is 1. The highest BCUT2D eigenvalue weighted by Crippen LogP contribution is 2.07. The second-order valence-corrected chi connectivity index (χ2v) is 4.61. The zero-order chi connectivity index (χ0) is 13.4. The molecular weight excluding hydrogens is 250 g/mol. The highest BCUT2D eigenvalue weighted by molar-refractivity contribution is 6.18. The standard InChI is InChI=1S/C14H20ClNO2/c1-12-4-3-5-13(10-12)11-14(17)16(7-6-15)8-9-18-2/h3-5,10H,6-9,11H2,1-2H3. The van der Waals surface area contributed by atoms with Crippen molar-refractivity contribution >= 4 is 17.5 Å². The maximum atomic E-state index is 12.1. The molecule has 1 aromatic carbocycles. The van der Waals surface area contributed by atoms with Gasteiger partial charge >= 0.3 is 0 Å². The number of benzene rings is 1. The first-order chi connectivity index (χ1) is 8.67. The first kappa shape index (κ1) is 15.0. The van der Waals surface area contributed by atoms with E-state index in [1.807, 2.05) is 31.2 Å². The molecule has 1 aromatic rings. The minimum Gasteiger partial charge on any atom is -0.383 e. The van der Waals surface area contributed by atoms with Gasteiger partial charge in [0.2, 0.25) is 5.91 Å². The molecule has 100 valence electrons. The number of nitrogens with zero attached hydrogens (tertiary/aromatic N) is 1. The van der Waals surface area contributed by atoms with Gasteiger partial charge in [0.05, 0.1) is 13.0 Å². The Hall–Kier alpha value is -1.06. The summed E-state index contributed by atoms with van der Waals surface area (Å²) in [6, 6.07) is 8.00. The van der Waals surface area contributed by atoms with Crippen LogP contribution >= 0.6 is 11.6 Å². The largest absolute Gasteiger partial charge is 0.383 e. The lowest BCUT2D eigenvalue weighted by molar-refractivity contribution is -0.130. The number of ether oxygens (including phenoxy) is 1. The van der Waals surface area contributed by atoms with Crippen LogP contribution in [-0.2, 0) is 16.0 Å². The van der Waals surface area contributed by atoms with Gasteiger partial charge in [-0.15, -0.1) is 11.6 Å². The van der Waals surface area contributed by atoms with E-state index in [9.17, 15) is 4.79 Å². The van der Waals surface area contributed by atoms with Crippen molar-refractivity contribution in [2.45, 2.75) is 13.3 Å². The summed E-state index contributed by atoms with van der Waals surface area (Å²) < 4.78 is 5.00. The van der Waals surface area contributed by atoms with Crippen molar-refractivity contribution < 1.29 is 9.53 Å². The van der Waals surface area contributed by atoms with Crippen LogP contribution in [0, 0.1) is 6.92 Å². The lowest BCUT2D eigenvalue weighted by Gasteiger charge is -2.21. The summed E-state index contributed by atoms with van der Waals surface area (Å²) in [5, 5.41) is 0. The maximum Gasteiger partial charge on any atom is 0.227 e. The molecule has 0 saturated carbocycles. The molecule has 1 amide bonds. The van der Waals surface area contributed by atoms with Crippen LogP contribution in [0.25, 0.3) is 0 Å². The normalized spacial score (nSPS) is 10.4. The van der Waals surface area contributed by atoms with Gasteiger partial charge in [0, 0.05) is 26.1 Å². The number of aryl methyl sites for hydroxylation is 1. The number of carbonyl (C=O) groups excluding carboxylic acids is 1. The molecule has 1 rings (SSSR count). The fourth-order valence-electron chi connectivity index (χ4n) is 1.77. The molecule has 0 aliphatic carbocycles. The molecule has 0 spiro atoms. The summed E-state index contributed by atoms with van der Waals surface area (Å²) in [5.41, 5.74) is 2.21. The summed E-state index contributed by atoms with van der Waals surface area (Å²) in [7, 11) is 1.63. The lowest BCUT2D eigenvalue weighted by Crippen LogP contribution is -2.36. The minimum atomic E-state index is 0.0956. The predicted molar refractivity (Wildman–Crippen MR) is 74.1 cm³/mol. The van der Waals surface area contributed by atoms with Crippen molar-refractivity contribution in [3.8, 4) is 0 Å². The van der Waals surface area contributed by atoms with Gasteiger partial charge in [-0.05, 0) is 12.5 Å². The van der Waals surface area contributed by atoms with Gasteiger partial charge in [-0.3, -0.25) is 4.79 Å². The van der Waals surface area contributed by atoms with Crippen LogP contribution in [0.15, 0.2) is 24.3 Å². The Kier molecular flexibility index (Phi) is 6.76. The van der Waals surface area contributed by atoms with Crippen molar-refractivity contribution in [1.82, 2.24) is 4.90 Å². The summed E-state index contributed by atoms with van der Waals surface area (Å²) >= 11 is 5.71. The molecule has 0 heterocycles. The number of hydrogen-bond acceptors (Lipinski definition) is 2. The molecule has 3 nitrogen and oxygen atoms in total. The summed E-state index contributed by atoms with van der Waals surface area (Å²) in [4.78, 5) is 13.9. The van der Waals surface area contributed by atoms with Crippen molar-refractivity contribution in [2.75, 3.05) is 32.7 Å². The molecule has 0 radical (unpaired) electrons. The third-order valence-corrected chi connectivity index (χ3v) is 2.88. The monoisotopic (exact) mass is 269 g/mol. The Balaban J connectivity index is 2.60. The Bertz CT molecular complexity index is 382. The number of methoxy groups -OCH3 is 1. The molecule has 0 fully saturated rings. The van der Waals surface area contributed by atoms with Crippen molar-refractivity contribution in [3.05, 3.63) is 35.4 Å². The number of carbonyl (C=O) groups is 1. The van der Waals surface area contributed by atoms with Crippen LogP contribution in [0.3, 0.4) is 0 Å². The Morgan fingerprint density at radius 1 is 1.39 bits per heavy atom. The van der Waals surface area contributed by atoms with Crippen molar-refractivity contribution in [2.24, 2.45) is 0 Å². The highest BCUT2D eigenvalue weighted by atomic mass is 35.5. The van der Waals surface area contributed by atoms with Crippen molar-refractivity contribution in [3.63, 3.8) is 0 Å². The number of amides is 1. The summed E-state index contributed by atoms with van der Waals surface area (Å²) in [6.07, 6.45) is 0.419. The molecule has 0 N–H and O–H groups in total. The van der Waals surface area contributed by atoms with E-state index < -0.39 is 0 Å². The highest BCUT2D eigenvalue weighted by Gasteiger charge is 2.13. The Morgan fingerprint density at radius 3 is 2.78 bits per heavy atom.